The zero-order valence-electron chi connectivity index (χ0n) is 24.3. The van der Waals surface area contributed by atoms with E-state index in [1.54, 1.807) is 0 Å². The van der Waals surface area contributed by atoms with E-state index in [2.05, 4.69) is 21.6 Å². The SMILES string of the molecule is CC(C)CNC(=O)[C@@H](CCCCN)ONC(=O)c1cccc(C(=O)NO[C@H](CCCCN)C(=O)NCC(C)C)c1. The Morgan fingerprint density at radius 2 is 1.10 bits per heavy atom. The zero-order valence-corrected chi connectivity index (χ0v) is 24.3. The van der Waals surface area contributed by atoms with Crippen LogP contribution in [0.2, 0.25) is 0 Å². The van der Waals surface area contributed by atoms with Gasteiger partial charge in [-0.25, -0.2) is 11.0 Å². The van der Waals surface area contributed by atoms with Gasteiger partial charge in [0, 0.05) is 24.2 Å². The van der Waals surface area contributed by atoms with Crippen LogP contribution in [0.15, 0.2) is 24.3 Å². The van der Waals surface area contributed by atoms with Crippen molar-refractivity contribution in [1.82, 2.24) is 21.6 Å². The van der Waals surface area contributed by atoms with Crippen molar-refractivity contribution in [3.05, 3.63) is 35.4 Å². The minimum atomic E-state index is -0.882. The van der Waals surface area contributed by atoms with E-state index in [4.69, 9.17) is 21.1 Å². The van der Waals surface area contributed by atoms with Gasteiger partial charge in [-0.1, -0.05) is 33.8 Å². The van der Waals surface area contributed by atoms with Crippen molar-refractivity contribution in [3.8, 4) is 0 Å². The maximum Gasteiger partial charge on any atom is 0.274 e. The third-order valence-electron chi connectivity index (χ3n) is 5.77. The van der Waals surface area contributed by atoms with Crippen LogP contribution in [0.3, 0.4) is 0 Å². The summed E-state index contributed by atoms with van der Waals surface area (Å²) in [5.41, 5.74) is 16.0. The number of carbonyl (C=O) groups excluding carboxylic acids is 4. The van der Waals surface area contributed by atoms with Crippen LogP contribution < -0.4 is 33.1 Å². The van der Waals surface area contributed by atoms with Crippen LogP contribution in [-0.2, 0) is 19.3 Å². The van der Waals surface area contributed by atoms with E-state index in [-0.39, 0.29) is 34.8 Å². The van der Waals surface area contributed by atoms with Gasteiger partial charge in [0.2, 0.25) is 0 Å². The first-order valence-electron chi connectivity index (χ1n) is 14.1. The molecule has 12 heteroatoms. The molecular weight excluding hydrogens is 516 g/mol. The van der Waals surface area contributed by atoms with Gasteiger partial charge in [-0.15, -0.1) is 0 Å². The molecule has 0 spiro atoms. The molecule has 1 aromatic rings. The quantitative estimate of drug-likeness (QED) is 0.102. The van der Waals surface area contributed by atoms with Crippen molar-refractivity contribution in [1.29, 1.82) is 0 Å². The van der Waals surface area contributed by atoms with Crippen molar-refractivity contribution in [2.45, 2.75) is 78.4 Å². The second kappa shape index (κ2) is 19.9. The number of benzene rings is 1. The Morgan fingerprint density at radius 1 is 0.700 bits per heavy atom. The molecule has 0 aliphatic rings. The Labute approximate surface area is 237 Å². The van der Waals surface area contributed by atoms with Gasteiger partial charge in [0.15, 0.2) is 12.2 Å². The summed E-state index contributed by atoms with van der Waals surface area (Å²) in [5, 5.41) is 5.62. The summed E-state index contributed by atoms with van der Waals surface area (Å²) in [6.07, 6.45) is 1.76. The Bertz CT molecular complexity index is 857. The molecule has 0 aliphatic heterocycles. The molecule has 1 aromatic carbocycles. The van der Waals surface area contributed by atoms with E-state index in [1.165, 1.54) is 24.3 Å². The zero-order chi connectivity index (χ0) is 29.9. The molecule has 12 nitrogen and oxygen atoms in total. The minimum absolute atomic E-state index is 0.144. The van der Waals surface area contributed by atoms with Gasteiger partial charge in [-0.05, 0) is 81.6 Å². The summed E-state index contributed by atoms with van der Waals surface area (Å²) < 4.78 is 0. The maximum atomic E-state index is 12.8. The van der Waals surface area contributed by atoms with Crippen molar-refractivity contribution in [2.24, 2.45) is 23.3 Å². The van der Waals surface area contributed by atoms with Crippen LogP contribution in [0.4, 0.5) is 0 Å². The first-order valence-corrected chi connectivity index (χ1v) is 14.1. The van der Waals surface area contributed by atoms with Crippen LogP contribution in [0.5, 0.6) is 0 Å². The van der Waals surface area contributed by atoms with Crippen molar-refractivity contribution in [2.75, 3.05) is 26.2 Å². The van der Waals surface area contributed by atoms with Crippen molar-refractivity contribution >= 4 is 23.6 Å². The molecule has 0 bridgehead atoms. The van der Waals surface area contributed by atoms with Crippen LogP contribution >= 0.6 is 0 Å². The second-order valence-corrected chi connectivity index (χ2v) is 10.5. The van der Waals surface area contributed by atoms with Gasteiger partial charge in [0.25, 0.3) is 23.6 Å². The summed E-state index contributed by atoms with van der Waals surface area (Å²) in [4.78, 5) is 61.5. The molecular formula is C28H48N6O6. The van der Waals surface area contributed by atoms with Crippen molar-refractivity contribution < 1.29 is 28.9 Å². The summed E-state index contributed by atoms with van der Waals surface area (Å²) >= 11 is 0. The molecule has 0 aliphatic carbocycles. The predicted molar refractivity (Wildman–Crippen MR) is 153 cm³/mol. The highest BCUT2D eigenvalue weighted by atomic mass is 16.7. The lowest BCUT2D eigenvalue weighted by Crippen LogP contribution is -2.42. The van der Waals surface area contributed by atoms with E-state index in [9.17, 15) is 19.2 Å². The van der Waals surface area contributed by atoms with E-state index >= 15 is 0 Å². The van der Waals surface area contributed by atoms with E-state index < -0.39 is 24.0 Å². The molecule has 0 saturated heterocycles. The molecule has 8 N–H and O–H groups in total. The smallest absolute Gasteiger partial charge is 0.274 e. The fraction of sp³-hybridized carbons (Fsp3) is 0.643. The number of hydrogen-bond donors (Lipinski definition) is 6. The Kier molecular flexibility index (Phi) is 17.4. The highest BCUT2D eigenvalue weighted by Crippen LogP contribution is 2.10. The molecule has 0 unspecified atom stereocenters. The van der Waals surface area contributed by atoms with Gasteiger partial charge in [-0.2, -0.15) is 0 Å². The van der Waals surface area contributed by atoms with Crippen molar-refractivity contribution in [3.63, 3.8) is 0 Å². The standard InChI is InChI=1S/C28H48N6O6/c1-19(2)17-31-27(37)23(12-5-7-14-29)39-33-25(35)21-10-9-11-22(16-21)26(36)34-40-24(13-6-8-15-30)28(38)32-18-20(3)4/h9-11,16,19-20,23-24H,5-8,12-15,17-18,29-30H2,1-4H3,(H,31,37)(H,32,38)(H,33,35)(H,34,36)/t23-,24-/m1/s1. The fourth-order valence-electron chi connectivity index (χ4n) is 3.44. The highest BCUT2D eigenvalue weighted by Gasteiger charge is 2.23. The number of rotatable bonds is 20. The van der Waals surface area contributed by atoms with E-state index in [0.717, 1.165) is 12.8 Å². The third kappa shape index (κ3) is 14.4. The molecule has 226 valence electrons. The van der Waals surface area contributed by atoms with Gasteiger partial charge < -0.3 is 22.1 Å². The number of unbranched alkanes of at least 4 members (excludes halogenated alkanes) is 2. The molecule has 1 rings (SSSR count). The van der Waals surface area contributed by atoms with Crippen LogP contribution in [0.1, 0.15) is 86.9 Å². The van der Waals surface area contributed by atoms with Gasteiger partial charge >= 0.3 is 0 Å². The number of nitrogens with one attached hydrogen (secondary N) is 4. The van der Waals surface area contributed by atoms with Gasteiger partial charge in [0.05, 0.1) is 0 Å². The molecule has 4 amide bonds. The van der Waals surface area contributed by atoms with E-state index in [0.29, 0.717) is 51.9 Å². The Morgan fingerprint density at radius 3 is 1.45 bits per heavy atom. The average molecular weight is 565 g/mol. The average Bonchev–Trinajstić information content (AvgIpc) is 2.93. The minimum Gasteiger partial charge on any atom is -0.354 e. The lowest BCUT2D eigenvalue weighted by Gasteiger charge is -2.19. The molecule has 0 heterocycles. The van der Waals surface area contributed by atoms with E-state index in [1.807, 2.05) is 27.7 Å². The lowest BCUT2D eigenvalue weighted by atomic mass is 10.1. The van der Waals surface area contributed by atoms with Gasteiger partial charge in [0.1, 0.15) is 0 Å². The molecule has 0 fully saturated rings. The summed E-state index contributed by atoms with van der Waals surface area (Å²) in [6, 6.07) is 5.91. The molecule has 0 saturated carbocycles. The summed E-state index contributed by atoms with van der Waals surface area (Å²) in [7, 11) is 0. The molecule has 40 heavy (non-hydrogen) atoms. The number of hydroxylamine groups is 2. The molecule has 0 radical (unpaired) electrons. The fourth-order valence-corrected chi connectivity index (χ4v) is 3.44. The number of nitrogens with two attached hydrogens (primary N) is 2. The number of carbonyl (C=O) groups is 4. The van der Waals surface area contributed by atoms with Crippen LogP contribution in [0.25, 0.3) is 0 Å². The molecule has 2 atom stereocenters. The van der Waals surface area contributed by atoms with Gasteiger partial charge in [-0.3, -0.25) is 28.9 Å². The first kappa shape index (κ1) is 35.0. The normalized spacial score (nSPS) is 12.6. The van der Waals surface area contributed by atoms with Crippen LogP contribution in [-0.4, -0.2) is 62.0 Å². The Hall–Kier alpha value is -3.06. The highest BCUT2D eigenvalue weighted by molar-refractivity contribution is 5.99. The Balaban J connectivity index is 2.79. The summed E-state index contributed by atoms with van der Waals surface area (Å²) in [5.74, 6) is -1.37. The second-order valence-electron chi connectivity index (χ2n) is 10.5. The topological polar surface area (TPSA) is 187 Å². The number of hydrogen-bond acceptors (Lipinski definition) is 8. The first-order chi connectivity index (χ1) is 19.1. The summed E-state index contributed by atoms with van der Waals surface area (Å²) in [6.45, 7) is 9.85. The monoisotopic (exact) mass is 564 g/mol. The maximum absolute atomic E-state index is 12.8. The molecule has 0 aromatic heterocycles. The largest absolute Gasteiger partial charge is 0.354 e. The number of amides is 4. The van der Waals surface area contributed by atoms with Crippen LogP contribution in [0, 0.1) is 11.8 Å². The lowest BCUT2D eigenvalue weighted by molar-refractivity contribution is -0.137. The predicted octanol–water partition coefficient (Wildman–Crippen LogP) is 1.55. The third-order valence-corrected chi connectivity index (χ3v) is 5.77.